The molecule has 3 nitrogen and oxygen atoms in total. The van der Waals surface area contributed by atoms with Crippen molar-refractivity contribution in [2.24, 2.45) is 0 Å². The summed E-state index contributed by atoms with van der Waals surface area (Å²) in [4.78, 5) is 4.14. The van der Waals surface area contributed by atoms with Crippen molar-refractivity contribution in [1.82, 2.24) is 9.55 Å². The molecule has 2 aromatic rings. The Morgan fingerprint density at radius 1 is 1.50 bits per heavy atom. The van der Waals surface area contributed by atoms with Crippen molar-refractivity contribution in [1.29, 1.82) is 0 Å². The molecule has 0 saturated carbocycles. The molecule has 0 aliphatic carbocycles. The van der Waals surface area contributed by atoms with Gasteiger partial charge in [0.2, 0.25) is 0 Å². The second kappa shape index (κ2) is 3.38. The van der Waals surface area contributed by atoms with E-state index in [0.717, 1.165) is 12.1 Å². The Labute approximate surface area is 80.8 Å². The Hall–Kier alpha value is -1.42. The topological polar surface area (TPSA) is 38.0 Å². The summed E-state index contributed by atoms with van der Waals surface area (Å²) < 4.78 is 14.7. The summed E-state index contributed by atoms with van der Waals surface area (Å²) in [6.07, 6.45) is 0. The van der Waals surface area contributed by atoms with Crippen LogP contribution in [0.1, 0.15) is 12.7 Å². The van der Waals surface area contributed by atoms with Gasteiger partial charge in [0.25, 0.3) is 0 Å². The maximum Gasteiger partial charge on any atom is 0.135 e. The highest BCUT2D eigenvalue weighted by atomic mass is 19.1. The highest BCUT2D eigenvalue weighted by Gasteiger charge is 2.08. The molecule has 0 saturated heterocycles. The van der Waals surface area contributed by atoms with Crippen molar-refractivity contribution in [3.05, 3.63) is 29.8 Å². The Kier molecular flexibility index (Phi) is 2.21. The van der Waals surface area contributed by atoms with Crippen molar-refractivity contribution in [3.63, 3.8) is 0 Å². The van der Waals surface area contributed by atoms with Crippen LogP contribution < -0.4 is 0 Å². The van der Waals surface area contributed by atoms with E-state index in [9.17, 15) is 4.39 Å². The van der Waals surface area contributed by atoms with E-state index in [-0.39, 0.29) is 12.4 Å². The second-order valence-electron chi connectivity index (χ2n) is 3.06. The summed E-state index contributed by atoms with van der Waals surface area (Å²) in [5, 5.41) is 9.04. The lowest BCUT2D eigenvalue weighted by molar-refractivity contribution is 0.266. The summed E-state index contributed by atoms with van der Waals surface area (Å²) in [7, 11) is 0. The van der Waals surface area contributed by atoms with Crippen LogP contribution in [-0.4, -0.2) is 14.7 Å². The van der Waals surface area contributed by atoms with Gasteiger partial charge in [-0.2, -0.15) is 0 Å². The average molecular weight is 194 g/mol. The number of aliphatic hydroxyl groups excluding tert-OH is 1. The maximum atomic E-state index is 12.9. The molecule has 74 valence electrons. The van der Waals surface area contributed by atoms with E-state index >= 15 is 0 Å². The first-order valence-corrected chi connectivity index (χ1v) is 4.51. The van der Waals surface area contributed by atoms with Gasteiger partial charge in [-0.25, -0.2) is 9.37 Å². The lowest BCUT2D eigenvalue weighted by atomic mass is 10.3. The van der Waals surface area contributed by atoms with Crippen LogP contribution >= 0.6 is 0 Å². The minimum atomic E-state index is -0.303. The molecular weight excluding hydrogens is 183 g/mol. The molecule has 0 radical (unpaired) electrons. The van der Waals surface area contributed by atoms with Gasteiger partial charge in [-0.15, -0.1) is 0 Å². The van der Waals surface area contributed by atoms with Crippen LogP contribution in [0.2, 0.25) is 0 Å². The molecule has 0 bridgehead atoms. The molecule has 1 aromatic carbocycles. The molecule has 1 aromatic heterocycles. The van der Waals surface area contributed by atoms with Gasteiger partial charge >= 0.3 is 0 Å². The molecule has 1 heterocycles. The highest BCUT2D eigenvalue weighted by molar-refractivity contribution is 5.76. The third-order valence-electron chi connectivity index (χ3n) is 2.25. The zero-order chi connectivity index (χ0) is 10.1. The Balaban J connectivity index is 2.73. The largest absolute Gasteiger partial charge is 0.388 e. The number of benzene rings is 1. The summed E-state index contributed by atoms with van der Waals surface area (Å²) in [6, 6.07) is 4.46. The van der Waals surface area contributed by atoms with Crippen LogP contribution in [0.25, 0.3) is 11.0 Å². The molecule has 0 spiro atoms. The minimum absolute atomic E-state index is 0.121. The fraction of sp³-hybridized carbons (Fsp3) is 0.300. The van der Waals surface area contributed by atoms with Gasteiger partial charge in [0.1, 0.15) is 18.2 Å². The van der Waals surface area contributed by atoms with Crippen molar-refractivity contribution in [2.45, 2.75) is 20.1 Å². The van der Waals surface area contributed by atoms with Crippen LogP contribution in [0.3, 0.4) is 0 Å². The predicted octanol–water partition coefficient (Wildman–Crippen LogP) is 1.69. The number of rotatable bonds is 2. The van der Waals surface area contributed by atoms with E-state index in [4.69, 9.17) is 5.11 Å². The van der Waals surface area contributed by atoms with Crippen LogP contribution in [0.5, 0.6) is 0 Å². The zero-order valence-electron chi connectivity index (χ0n) is 7.87. The van der Waals surface area contributed by atoms with Gasteiger partial charge in [0, 0.05) is 12.6 Å². The predicted molar refractivity (Wildman–Crippen MR) is 51.3 cm³/mol. The van der Waals surface area contributed by atoms with Gasteiger partial charge in [-0.1, -0.05) is 0 Å². The van der Waals surface area contributed by atoms with E-state index in [1.54, 1.807) is 6.07 Å². The maximum absolute atomic E-state index is 12.9. The van der Waals surface area contributed by atoms with Crippen LogP contribution in [0.4, 0.5) is 4.39 Å². The molecule has 14 heavy (non-hydrogen) atoms. The average Bonchev–Trinajstić information content (AvgIpc) is 2.54. The molecule has 0 atom stereocenters. The van der Waals surface area contributed by atoms with Crippen LogP contribution in [0, 0.1) is 5.82 Å². The fourth-order valence-corrected chi connectivity index (χ4v) is 1.63. The van der Waals surface area contributed by atoms with Crippen LogP contribution in [-0.2, 0) is 13.2 Å². The number of aryl methyl sites for hydroxylation is 1. The van der Waals surface area contributed by atoms with Gasteiger partial charge < -0.3 is 9.67 Å². The molecule has 0 aliphatic heterocycles. The van der Waals surface area contributed by atoms with Gasteiger partial charge in [0.15, 0.2) is 0 Å². The van der Waals surface area contributed by atoms with Gasteiger partial charge in [-0.05, 0) is 19.1 Å². The van der Waals surface area contributed by atoms with E-state index in [0.29, 0.717) is 11.3 Å². The number of aliphatic hydroxyl groups is 1. The summed E-state index contributed by atoms with van der Waals surface area (Å²) in [6.45, 7) is 2.56. The van der Waals surface area contributed by atoms with Gasteiger partial charge in [-0.3, -0.25) is 0 Å². The molecule has 0 aliphatic rings. The second-order valence-corrected chi connectivity index (χ2v) is 3.06. The lowest BCUT2D eigenvalue weighted by Crippen LogP contribution is -2.00. The number of aromatic nitrogens is 2. The van der Waals surface area contributed by atoms with Gasteiger partial charge in [0.05, 0.1) is 11.0 Å². The van der Waals surface area contributed by atoms with Crippen molar-refractivity contribution < 1.29 is 9.50 Å². The molecule has 0 unspecified atom stereocenters. The lowest BCUT2D eigenvalue weighted by Gasteiger charge is -2.02. The number of hydrogen-bond acceptors (Lipinski definition) is 2. The molecule has 1 N–H and O–H groups in total. The number of halogens is 1. The number of nitrogens with zero attached hydrogens (tertiary/aromatic N) is 2. The number of hydrogen-bond donors (Lipinski definition) is 1. The Morgan fingerprint density at radius 2 is 2.29 bits per heavy atom. The first kappa shape index (κ1) is 9.15. The zero-order valence-corrected chi connectivity index (χ0v) is 7.87. The highest BCUT2D eigenvalue weighted by Crippen LogP contribution is 2.17. The number of imidazole rings is 1. The minimum Gasteiger partial charge on any atom is -0.388 e. The van der Waals surface area contributed by atoms with E-state index in [1.165, 1.54) is 12.1 Å². The van der Waals surface area contributed by atoms with Crippen molar-refractivity contribution >= 4 is 11.0 Å². The SMILES string of the molecule is CCn1c(CO)nc2cc(F)ccc21. The summed E-state index contributed by atoms with van der Waals surface area (Å²) >= 11 is 0. The monoisotopic (exact) mass is 194 g/mol. The molecule has 0 amide bonds. The first-order valence-electron chi connectivity index (χ1n) is 4.51. The number of fused-ring (bicyclic) bond motifs is 1. The van der Waals surface area contributed by atoms with E-state index in [1.807, 2.05) is 11.5 Å². The third kappa shape index (κ3) is 1.28. The Bertz CT molecular complexity index is 464. The Morgan fingerprint density at radius 3 is 2.93 bits per heavy atom. The van der Waals surface area contributed by atoms with Crippen LogP contribution in [0.15, 0.2) is 18.2 Å². The molecule has 0 fully saturated rings. The molecule has 4 heteroatoms. The van der Waals surface area contributed by atoms with Crippen molar-refractivity contribution in [2.75, 3.05) is 0 Å². The smallest absolute Gasteiger partial charge is 0.135 e. The molecular formula is C10H11FN2O. The summed E-state index contributed by atoms with van der Waals surface area (Å²) in [5.41, 5.74) is 1.45. The normalized spacial score (nSPS) is 11.1. The quantitative estimate of drug-likeness (QED) is 0.790. The van der Waals surface area contributed by atoms with Crippen molar-refractivity contribution in [3.8, 4) is 0 Å². The first-order chi connectivity index (χ1) is 6.76. The molecule has 2 rings (SSSR count). The summed E-state index contributed by atoms with van der Waals surface area (Å²) in [5.74, 6) is 0.274. The third-order valence-corrected chi connectivity index (χ3v) is 2.25. The van der Waals surface area contributed by atoms with E-state index < -0.39 is 0 Å². The standard InChI is InChI=1S/C10H11FN2O/c1-2-13-9-4-3-7(11)5-8(9)12-10(13)6-14/h3-5,14H,2,6H2,1H3. The fourth-order valence-electron chi connectivity index (χ4n) is 1.63. The van der Waals surface area contributed by atoms with E-state index in [2.05, 4.69) is 4.98 Å².